The minimum Gasteiger partial charge on any atom is -0.495 e. The van der Waals surface area contributed by atoms with Crippen LogP contribution < -0.4 is 15.4 Å². The molecular formula is C23H30N6O3. The van der Waals surface area contributed by atoms with Gasteiger partial charge >= 0.3 is 5.97 Å². The van der Waals surface area contributed by atoms with Crippen LogP contribution in [0.3, 0.4) is 0 Å². The molecule has 1 aromatic carbocycles. The van der Waals surface area contributed by atoms with Crippen molar-refractivity contribution in [2.45, 2.75) is 38.6 Å². The summed E-state index contributed by atoms with van der Waals surface area (Å²) in [6.45, 7) is 2.16. The highest BCUT2D eigenvalue weighted by Crippen LogP contribution is 2.39. The molecule has 9 nitrogen and oxygen atoms in total. The number of fused-ring (bicyclic) bond motifs is 1. The number of rotatable bonds is 8. The van der Waals surface area contributed by atoms with E-state index in [-0.39, 0.29) is 6.54 Å². The van der Waals surface area contributed by atoms with Crippen LogP contribution in [0, 0.1) is 10.8 Å². The summed E-state index contributed by atoms with van der Waals surface area (Å²) in [5, 5.41) is 23.8. The molecule has 1 aliphatic heterocycles. The zero-order chi connectivity index (χ0) is 22.7. The molecule has 1 aliphatic carbocycles. The average molecular weight is 439 g/mol. The minimum absolute atomic E-state index is 0.272. The molecule has 1 saturated carbocycles. The van der Waals surface area contributed by atoms with Gasteiger partial charge in [-0.3, -0.25) is 4.79 Å². The topological polar surface area (TPSA) is 123 Å². The van der Waals surface area contributed by atoms with E-state index in [0.717, 1.165) is 43.8 Å². The first-order valence-corrected chi connectivity index (χ1v) is 10.9. The van der Waals surface area contributed by atoms with Gasteiger partial charge in [0.15, 0.2) is 0 Å². The number of benzene rings is 1. The number of carboxylic acid groups (broad SMARTS) is 1. The number of anilines is 3. The molecule has 1 aromatic heterocycles. The number of hydrogen-bond acceptors (Lipinski definition) is 8. The maximum absolute atomic E-state index is 11.9. The number of carboxylic acids is 1. The van der Waals surface area contributed by atoms with Crippen molar-refractivity contribution in [2.75, 3.05) is 37.9 Å². The summed E-state index contributed by atoms with van der Waals surface area (Å²) < 4.78 is 5.59. The van der Waals surface area contributed by atoms with Crippen LogP contribution in [-0.4, -0.2) is 59.4 Å². The fraction of sp³-hybridized carbons (Fsp3) is 0.478. The monoisotopic (exact) mass is 438 g/mol. The van der Waals surface area contributed by atoms with Gasteiger partial charge < -0.3 is 30.8 Å². The van der Waals surface area contributed by atoms with Gasteiger partial charge in [0.05, 0.1) is 23.8 Å². The van der Waals surface area contributed by atoms with E-state index < -0.39 is 11.4 Å². The second-order valence-corrected chi connectivity index (χ2v) is 8.72. The number of methoxy groups -OCH3 is 1. The van der Waals surface area contributed by atoms with Crippen molar-refractivity contribution in [3.05, 3.63) is 35.0 Å². The van der Waals surface area contributed by atoms with Gasteiger partial charge in [-0.1, -0.05) is 12.8 Å². The molecule has 32 heavy (non-hydrogen) atoms. The molecule has 170 valence electrons. The van der Waals surface area contributed by atoms with Gasteiger partial charge in [-0.25, -0.2) is 4.98 Å². The highest BCUT2D eigenvalue weighted by molar-refractivity contribution is 5.84. The number of carbonyl (C=O) groups is 1. The quantitative estimate of drug-likeness (QED) is 0.463. The first-order chi connectivity index (χ1) is 15.4. The van der Waals surface area contributed by atoms with Crippen molar-refractivity contribution in [1.29, 1.82) is 5.41 Å². The predicted molar refractivity (Wildman–Crippen MR) is 123 cm³/mol. The minimum atomic E-state index is -0.786. The first-order valence-electron chi connectivity index (χ1n) is 10.9. The molecule has 0 saturated heterocycles. The molecule has 2 aromatic rings. The van der Waals surface area contributed by atoms with E-state index in [1.165, 1.54) is 17.3 Å². The lowest BCUT2D eigenvalue weighted by Crippen LogP contribution is -2.35. The van der Waals surface area contributed by atoms with Gasteiger partial charge in [0.2, 0.25) is 5.95 Å². The summed E-state index contributed by atoms with van der Waals surface area (Å²) in [5.41, 5.74) is 3.01. The van der Waals surface area contributed by atoms with Crippen LogP contribution in [-0.2, 0) is 17.8 Å². The van der Waals surface area contributed by atoms with Crippen LogP contribution in [0.2, 0.25) is 0 Å². The largest absolute Gasteiger partial charge is 0.495 e. The average Bonchev–Trinajstić information content (AvgIpc) is 3.28. The van der Waals surface area contributed by atoms with Gasteiger partial charge in [-0.2, -0.15) is 4.98 Å². The molecule has 1 fully saturated rings. The molecule has 9 heteroatoms. The fourth-order valence-corrected chi connectivity index (χ4v) is 4.58. The maximum Gasteiger partial charge on any atom is 0.311 e. The Morgan fingerprint density at radius 1 is 1.34 bits per heavy atom. The van der Waals surface area contributed by atoms with E-state index in [0.29, 0.717) is 30.2 Å². The Balaban J connectivity index is 1.58. The van der Waals surface area contributed by atoms with Crippen LogP contribution in [0.15, 0.2) is 18.3 Å². The van der Waals surface area contributed by atoms with Gasteiger partial charge in [-0.15, -0.1) is 0 Å². The molecule has 0 spiro atoms. The lowest BCUT2D eigenvalue weighted by atomic mass is 9.86. The van der Waals surface area contributed by atoms with Gasteiger partial charge in [0.25, 0.3) is 0 Å². The predicted octanol–water partition coefficient (Wildman–Crippen LogP) is 3.27. The molecule has 0 bridgehead atoms. The van der Waals surface area contributed by atoms with Crippen molar-refractivity contribution in [3.63, 3.8) is 0 Å². The van der Waals surface area contributed by atoms with Crippen LogP contribution in [0.1, 0.15) is 42.4 Å². The highest BCUT2D eigenvalue weighted by atomic mass is 16.5. The second kappa shape index (κ2) is 9.12. The summed E-state index contributed by atoms with van der Waals surface area (Å²) in [4.78, 5) is 23.0. The maximum atomic E-state index is 11.9. The summed E-state index contributed by atoms with van der Waals surface area (Å²) in [6, 6.07) is 4.13. The van der Waals surface area contributed by atoms with E-state index in [1.807, 2.05) is 0 Å². The SMILES string of the molecule is COc1cc2c(cc1Nc1ncc(C=N)c(NCC3(C(=O)O)CCCC3)n1)CN(C)CC2. The number of aromatic nitrogens is 2. The Labute approximate surface area is 187 Å². The lowest BCUT2D eigenvalue weighted by Gasteiger charge is -2.26. The van der Waals surface area contributed by atoms with Crippen molar-refractivity contribution in [3.8, 4) is 5.75 Å². The van der Waals surface area contributed by atoms with Crippen molar-refractivity contribution in [1.82, 2.24) is 14.9 Å². The zero-order valence-electron chi connectivity index (χ0n) is 18.6. The standard InChI is InChI=1S/C23H30N6O3/c1-29-8-5-15-10-19(32-2)18(9-16(15)13-29)27-22-25-12-17(11-24)20(28-22)26-14-23(21(30)31)6-3-4-7-23/h9-12,24H,3-8,13-14H2,1-2H3,(H,30,31)(H2,25,26,27,28). The number of likely N-dealkylation sites (N-methyl/N-ethyl adjacent to an activating group) is 1. The third-order valence-electron chi connectivity index (χ3n) is 6.55. The molecule has 0 atom stereocenters. The number of ether oxygens (including phenoxy) is 1. The van der Waals surface area contributed by atoms with Crippen LogP contribution in [0.5, 0.6) is 5.75 Å². The zero-order valence-corrected chi connectivity index (χ0v) is 18.6. The Kier molecular flexibility index (Phi) is 6.27. The summed E-state index contributed by atoms with van der Waals surface area (Å²) in [7, 11) is 3.74. The summed E-state index contributed by atoms with van der Waals surface area (Å²) >= 11 is 0. The van der Waals surface area contributed by atoms with Gasteiger partial charge in [0.1, 0.15) is 11.6 Å². The second-order valence-electron chi connectivity index (χ2n) is 8.72. The fourth-order valence-electron chi connectivity index (χ4n) is 4.58. The van der Waals surface area contributed by atoms with Gasteiger partial charge in [-0.05, 0) is 49.6 Å². The van der Waals surface area contributed by atoms with E-state index in [4.69, 9.17) is 10.1 Å². The highest BCUT2D eigenvalue weighted by Gasteiger charge is 2.41. The third kappa shape index (κ3) is 4.38. The Morgan fingerprint density at radius 2 is 2.12 bits per heavy atom. The smallest absolute Gasteiger partial charge is 0.311 e. The summed E-state index contributed by atoms with van der Waals surface area (Å²) in [5.74, 6) is 0.742. The molecule has 4 N–H and O–H groups in total. The molecule has 2 aliphatic rings. The van der Waals surface area contributed by atoms with E-state index >= 15 is 0 Å². The normalized spacial score (nSPS) is 17.4. The Bertz CT molecular complexity index is 1020. The number of nitrogens with one attached hydrogen (secondary N) is 3. The Hall–Kier alpha value is -3.20. The third-order valence-corrected chi connectivity index (χ3v) is 6.55. The van der Waals surface area contributed by atoms with Crippen LogP contribution >= 0.6 is 0 Å². The number of aliphatic carboxylic acids is 1. The first kappa shape index (κ1) is 22.0. The molecule has 4 rings (SSSR count). The van der Waals surface area contributed by atoms with E-state index in [9.17, 15) is 9.90 Å². The van der Waals surface area contributed by atoms with Gasteiger partial charge in [0, 0.05) is 32.0 Å². The van der Waals surface area contributed by atoms with Crippen molar-refractivity contribution < 1.29 is 14.6 Å². The molecule has 0 unspecified atom stereocenters. The van der Waals surface area contributed by atoms with E-state index in [1.54, 1.807) is 13.3 Å². The number of nitrogens with zero attached hydrogens (tertiary/aromatic N) is 3. The molecule has 0 radical (unpaired) electrons. The lowest BCUT2D eigenvalue weighted by molar-refractivity contribution is -0.147. The molecule has 0 amide bonds. The molecule has 2 heterocycles. The van der Waals surface area contributed by atoms with Crippen molar-refractivity contribution >= 4 is 29.6 Å². The number of hydrogen-bond donors (Lipinski definition) is 4. The van der Waals surface area contributed by atoms with Crippen LogP contribution in [0.4, 0.5) is 17.5 Å². The molecular weight excluding hydrogens is 408 g/mol. The van der Waals surface area contributed by atoms with E-state index in [2.05, 4.69) is 44.7 Å². The summed E-state index contributed by atoms with van der Waals surface area (Å²) in [6.07, 6.45) is 6.82. The Morgan fingerprint density at radius 3 is 2.81 bits per heavy atom. The van der Waals surface area contributed by atoms with Crippen molar-refractivity contribution in [2.24, 2.45) is 5.41 Å². The van der Waals surface area contributed by atoms with Crippen LogP contribution in [0.25, 0.3) is 0 Å².